The van der Waals surface area contributed by atoms with E-state index in [1.165, 1.54) is 24.3 Å². The standard InChI is InChI=1S/C15H17N3O4/c1-11-3-8-14(22-11)9-17(2)10-15(19)16-12-4-6-13(7-5-12)18(20)21/h3-8H,9-10H2,1-2H3,(H,16,19). The summed E-state index contributed by atoms with van der Waals surface area (Å²) in [6, 6.07) is 9.47. The Morgan fingerprint density at radius 2 is 1.95 bits per heavy atom. The molecule has 7 heteroatoms. The summed E-state index contributed by atoms with van der Waals surface area (Å²) in [5, 5.41) is 13.3. The fourth-order valence-corrected chi connectivity index (χ4v) is 2.00. The molecule has 22 heavy (non-hydrogen) atoms. The number of nitrogens with one attached hydrogen (secondary N) is 1. The maximum Gasteiger partial charge on any atom is 0.269 e. The number of nitro benzene ring substituents is 1. The highest BCUT2D eigenvalue weighted by Crippen LogP contribution is 2.15. The van der Waals surface area contributed by atoms with Crippen LogP contribution < -0.4 is 5.32 Å². The largest absolute Gasteiger partial charge is 0.465 e. The summed E-state index contributed by atoms with van der Waals surface area (Å²) in [5.74, 6) is 1.43. The third kappa shape index (κ3) is 4.42. The molecular formula is C15H17N3O4. The summed E-state index contributed by atoms with van der Waals surface area (Å²) >= 11 is 0. The fraction of sp³-hybridized carbons (Fsp3) is 0.267. The van der Waals surface area contributed by atoms with Crippen LogP contribution in [0.3, 0.4) is 0 Å². The maximum atomic E-state index is 11.9. The lowest BCUT2D eigenvalue weighted by molar-refractivity contribution is -0.384. The van der Waals surface area contributed by atoms with Gasteiger partial charge in [0.25, 0.3) is 5.69 Å². The van der Waals surface area contributed by atoms with E-state index in [2.05, 4.69) is 5.32 Å². The Kier molecular flexibility index (Phi) is 4.90. The zero-order valence-electron chi connectivity index (χ0n) is 12.4. The molecule has 1 heterocycles. The van der Waals surface area contributed by atoms with Gasteiger partial charge in [-0.05, 0) is 38.2 Å². The van der Waals surface area contributed by atoms with E-state index in [1.54, 1.807) is 0 Å². The average molecular weight is 303 g/mol. The predicted octanol–water partition coefficient (Wildman–Crippen LogP) is 2.57. The second kappa shape index (κ2) is 6.86. The number of furan rings is 1. The van der Waals surface area contributed by atoms with Crippen molar-refractivity contribution in [2.75, 3.05) is 18.9 Å². The molecule has 0 aliphatic heterocycles. The number of nitro groups is 1. The summed E-state index contributed by atoms with van der Waals surface area (Å²) in [4.78, 5) is 23.8. The van der Waals surface area contributed by atoms with Crippen molar-refractivity contribution >= 4 is 17.3 Å². The van der Waals surface area contributed by atoms with Gasteiger partial charge >= 0.3 is 0 Å². The van der Waals surface area contributed by atoms with Crippen LogP contribution in [-0.4, -0.2) is 29.3 Å². The van der Waals surface area contributed by atoms with Crippen molar-refractivity contribution in [1.82, 2.24) is 4.90 Å². The molecule has 2 aromatic rings. The number of non-ortho nitro benzene ring substituents is 1. The van der Waals surface area contributed by atoms with Crippen molar-refractivity contribution in [2.24, 2.45) is 0 Å². The lowest BCUT2D eigenvalue weighted by atomic mass is 10.3. The molecule has 0 unspecified atom stereocenters. The highest BCUT2D eigenvalue weighted by Gasteiger charge is 2.10. The average Bonchev–Trinajstić information content (AvgIpc) is 2.84. The summed E-state index contributed by atoms with van der Waals surface area (Å²) < 4.78 is 5.45. The van der Waals surface area contributed by atoms with E-state index in [9.17, 15) is 14.9 Å². The first-order chi connectivity index (χ1) is 10.4. The van der Waals surface area contributed by atoms with Crippen molar-refractivity contribution in [3.05, 3.63) is 58.0 Å². The van der Waals surface area contributed by atoms with Crippen molar-refractivity contribution in [2.45, 2.75) is 13.5 Å². The van der Waals surface area contributed by atoms with E-state index in [-0.39, 0.29) is 18.1 Å². The molecule has 7 nitrogen and oxygen atoms in total. The Morgan fingerprint density at radius 1 is 1.27 bits per heavy atom. The van der Waals surface area contributed by atoms with Gasteiger partial charge in [-0.15, -0.1) is 0 Å². The number of hydrogen-bond acceptors (Lipinski definition) is 5. The van der Waals surface area contributed by atoms with E-state index >= 15 is 0 Å². The quantitative estimate of drug-likeness (QED) is 0.654. The number of carbonyl (C=O) groups is 1. The third-order valence-corrected chi connectivity index (χ3v) is 3.00. The van der Waals surface area contributed by atoms with Crippen LogP contribution in [0.15, 0.2) is 40.8 Å². The van der Waals surface area contributed by atoms with E-state index in [1.807, 2.05) is 31.0 Å². The van der Waals surface area contributed by atoms with Gasteiger partial charge in [0, 0.05) is 17.8 Å². The van der Waals surface area contributed by atoms with Crippen LogP contribution in [0.4, 0.5) is 11.4 Å². The van der Waals surface area contributed by atoms with Crippen molar-refractivity contribution in [1.29, 1.82) is 0 Å². The molecule has 0 fully saturated rings. The Labute approximate surface area is 127 Å². The van der Waals surface area contributed by atoms with Gasteiger partial charge < -0.3 is 9.73 Å². The smallest absolute Gasteiger partial charge is 0.269 e. The number of aryl methyl sites for hydroxylation is 1. The molecule has 0 aliphatic carbocycles. The minimum absolute atomic E-state index is 0.0108. The van der Waals surface area contributed by atoms with Crippen LogP contribution in [0.25, 0.3) is 0 Å². The van der Waals surface area contributed by atoms with Crippen LogP contribution in [0, 0.1) is 17.0 Å². The van der Waals surface area contributed by atoms with Crippen molar-refractivity contribution in [3.8, 4) is 0 Å². The molecule has 0 radical (unpaired) electrons. The predicted molar refractivity (Wildman–Crippen MR) is 81.5 cm³/mol. The van der Waals surface area contributed by atoms with Crippen LogP contribution in [0.2, 0.25) is 0 Å². The molecule has 0 atom stereocenters. The van der Waals surface area contributed by atoms with Gasteiger partial charge in [-0.25, -0.2) is 0 Å². The molecule has 0 aliphatic rings. The molecule has 1 amide bonds. The number of carbonyl (C=O) groups excluding carboxylic acids is 1. The van der Waals surface area contributed by atoms with Crippen molar-refractivity contribution in [3.63, 3.8) is 0 Å². The summed E-state index contributed by atoms with van der Waals surface area (Å²) in [7, 11) is 1.81. The number of anilines is 1. The Bertz CT molecular complexity index is 664. The Morgan fingerprint density at radius 3 is 2.50 bits per heavy atom. The Hall–Kier alpha value is -2.67. The van der Waals surface area contributed by atoms with Gasteiger partial charge in [0.05, 0.1) is 18.0 Å². The zero-order chi connectivity index (χ0) is 16.1. The fourth-order valence-electron chi connectivity index (χ4n) is 2.00. The highest BCUT2D eigenvalue weighted by atomic mass is 16.6. The van der Waals surface area contributed by atoms with E-state index in [4.69, 9.17) is 4.42 Å². The molecular weight excluding hydrogens is 286 g/mol. The second-order valence-corrected chi connectivity index (χ2v) is 5.04. The van der Waals surface area contributed by atoms with Gasteiger partial charge in [-0.1, -0.05) is 0 Å². The lowest BCUT2D eigenvalue weighted by Crippen LogP contribution is -2.29. The van der Waals surface area contributed by atoms with Crippen LogP contribution in [0.5, 0.6) is 0 Å². The first-order valence-corrected chi connectivity index (χ1v) is 6.72. The summed E-state index contributed by atoms with van der Waals surface area (Å²) in [6.07, 6.45) is 0. The van der Waals surface area contributed by atoms with E-state index in [0.29, 0.717) is 12.2 Å². The van der Waals surface area contributed by atoms with Gasteiger partial charge in [0.1, 0.15) is 11.5 Å². The second-order valence-electron chi connectivity index (χ2n) is 5.04. The molecule has 0 saturated heterocycles. The van der Waals surface area contributed by atoms with Gasteiger partial charge in [0.15, 0.2) is 0 Å². The molecule has 1 aromatic heterocycles. The lowest BCUT2D eigenvalue weighted by Gasteiger charge is -2.14. The monoisotopic (exact) mass is 303 g/mol. The first-order valence-electron chi connectivity index (χ1n) is 6.72. The number of benzene rings is 1. The number of rotatable bonds is 6. The number of nitrogens with zero attached hydrogens (tertiary/aromatic N) is 2. The zero-order valence-corrected chi connectivity index (χ0v) is 12.4. The molecule has 2 rings (SSSR count). The SMILES string of the molecule is Cc1ccc(CN(C)CC(=O)Nc2ccc([N+](=O)[O-])cc2)o1. The summed E-state index contributed by atoms with van der Waals surface area (Å²) in [6.45, 7) is 2.59. The molecule has 0 saturated carbocycles. The van der Waals surface area contributed by atoms with Crippen molar-refractivity contribution < 1.29 is 14.1 Å². The van der Waals surface area contributed by atoms with E-state index < -0.39 is 4.92 Å². The van der Waals surface area contributed by atoms with E-state index in [0.717, 1.165) is 11.5 Å². The molecule has 1 aromatic carbocycles. The topological polar surface area (TPSA) is 88.6 Å². The molecule has 1 N–H and O–H groups in total. The maximum absolute atomic E-state index is 11.9. The minimum atomic E-state index is -0.481. The minimum Gasteiger partial charge on any atom is -0.465 e. The highest BCUT2D eigenvalue weighted by molar-refractivity contribution is 5.92. The molecule has 0 bridgehead atoms. The number of hydrogen-bond donors (Lipinski definition) is 1. The normalized spacial score (nSPS) is 10.7. The van der Waals surface area contributed by atoms with Gasteiger partial charge in [-0.3, -0.25) is 19.8 Å². The number of likely N-dealkylation sites (N-methyl/N-ethyl adjacent to an activating group) is 1. The number of amides is 1. The molecule has 116 valence electrons. The third-order valence-electron chi connectivity index (χ3n) is 3.00. The Balaban J connectivity index is 1.85. The van der Waals surface area contributed by atoms with Crippen LogP contribution in [0.1, 0.15) is 11.5 Å². The van der Waals surface area contributed by atoms with Gasteiger partial charge in [-0.2, -0.15) is 0 Å². The summed E-state index contributed by atoms with van der Waals surface area (Å²) in [5.41, 5.74) is 0.515. The van der Waals surface area contributed by atoms with Gasteiger partial charge in [0.2, 0.25) is 5.91 Å². The van der Waals surface area contributed by atoms with Crippen LogP contribution in [-0.2, 0) is 11.3 Å². The van der Waals surface area contributed by atoms with Crippen LogP contribution >= 0.6 is 0 Å². The molecule has 0 spiro atoms. The first kappa shape index (κ1) is 15.7.